The van der Waals surface area contributed by atoms with Crippen molar-refractivity contribution in [3.05, 3.63) is 52.2 Å². The summed E-state index contributed by atoms with van der Waals surface area (Å²) in [6.45, 7) is 1.69. The zero-order chi connectivity index (χ0) is 14.8. The molecule has 0 spiro atoms. The van der Waals surface area contributed by atoms with Crippen LogP contribution in [0.4, 0.5) is 5.69 Å². The van der Waals surface area contributed by atoms with Gasteiger partial charge in [-0.2, -0.15) is 11.3 Å². The van der Waals surface area contributed by atoms with E-state index in [1.807, 2.05) is 48.2 Å². The summed E-state index contributed by atoms with van der Waals surface area (Å²) in [4.78, 5) is 16.6. The SMILES string of the molecule is CN(C)c1ccc(C(=O)N2CCC(c3ccsc3)C2)cc1. The molecule has 2 aromatic rings. The van der Waals surface area contributed by atoms with E-state index in [-0.39, 0.29) is 5.91 Å². The number of nitrogens with zero attached hydrogens (tertiary/aromatic N) is 2. The molecule has 21 heavy (non-hydrogen) atoms. The number of likely N-dealkylation sites (tertiary alicyclic amines) is 1. The maximum Gasteiger partial charge on any atom is 0.253 e. The first kappa shape index (κ1) is 14.1. The van der Waals surface area contributed by atoms with Gasteiger partial charge in [-0.3, -0.25) is 4.79 Å². The van der Waals surface area contributed by atoms with Crippen LogP contribution in [0.25, 0.3) is 0 Å². The monoisotopic (exact) mass is 300 g/mol. The fourth-order valence-electron chi connectivity index (χ4n) is 2.81. The third kappa shape index (κ3) is 2.95. The number of thiophene rings is 1. The van der Waals surface area contributed by atoms with E-state index in [1.165, 1.54) is 5.56 Å². The van der Waals surface area contributed by atoms with E-state index >= 15 is 0 Å². The molecule has 1 fully saturated rings. The number of amides is 1. The van der Waals surface area contributed by atoms with Crippen molar-refractivity contribution < 1.29 is 4.79 Å². The van der Waals surface area contributed by atoms with Crippen LogP contribution in [0.1, 0.15) is 28.3 Å². The van der Waals surface area contributed by atoms with Crippen molar-refractivity contribution in [2.45, 2.75) is 12.3 Å². The van der Waals surface area contributed by atoms with Crippen LogP contribution in [0.2, 0.25) is 0 Å². The highest BCUT2D eigenvalue weighted by Crippen LogP contribution is 2.29. The van der Waals surface area contributed by atoms with Gasteiger partial charge in [-0.05, 0) is 53.1 Å². The second-order valence-corrected chi connectivity index (χ2v) is 6.51. The molecule has 3 nitrogen and oxygen atoms in total. The van der Waals surface area contributed by atoms with Crippen LogP contribution in [0.5, 0.6) is 0 Å². The highest BCUT2D eigenvalue weighted by atomic mass is 32.1. The molecule has 1 aromatic heterocycles. The van der Waals surface area contributed by atoms with Crippen molar-refractivity contribution in [2.24, 2.45) is 0 Å². The van der Waals surface area contributed by atoms with Gasteiger partial charge in [0.1, 0.15) is 0 Å². The third-order valence-corrected chi connectivity index (χ3v) is 4.82. The topological polar surface area (TPSA) is 23.6 Å². The Bertz CT molecular complexity index is 604. The van der Waals surface area contributed by atoms with Crippen LogP contribution in [0.15, 0.2) is 41.1 Å². The number of carbonyl (C=O) groups excluding carboxylic acids is 1. The molecule has 0 radical (unpaired) electrons. The van der Waals surface area contributed by atoms with Crippen LogP contribution in [0, 0.1) is 0 Å². The van der Waals surface area contributed by atoms with Crippen molar-refractivity contribution >= 4 is 22.9 Å². The van der Waals surface area contributed by atoms with Gasteiger partial charge in [-0.25, -0.2) is 0 Å². The van der Waals surface area contributed by atoms with Crippen molar-refractivity contribution in [1.29, 1.82) is 0 Å². The number of rotatable bonds is 3. The first-order valence-corrected chi connectivity index (χ1v) is 8.18. The average molecular weight is 300 g/mol. The molecule has 3 rings (SSSR count). The third-order valence-electron chi connectivity index (χ3n) is 4.12. The molecule has 0 saturated carbocycles. The second kappa shape index (κ2) is 5.90. The molecule has 1 saturated heterocycles. The Kier molecular flexibility index (Phi) is 3.97. The van der Waals surface area contributed by atoms with Gasteiger partial charge in [0.05, 0.1) is 0 Å². The summed E-state index contributed by atoms with van der Waals surface area (Å²) < 4.78 is 0. The van der Waals surface area contributed by atoms with Crippen molar-refractivity contribution in [1.82, 2.24) is 4.90 Å². The standard InChI is InChI=1S/C17H20N2OS/c1-18(2)16-5-3-13(4-6-16)17(20)19-9-7-14(11-19)15-8-10-21-12-15/h3-6,8,10,12,14H,7,9,11H2,1-2H3. The molecule has 110 valence electrons. The summed E-state index contributed by atoms with van der Waals surface area (Å²) >= 11 is 1.73. The summed E-state index contributed by atoms with van der Waals surface area (Å²) in [5.41, 5.74) is 3.27. The van der Waals surface area contributed by atoms with Gasteiger partial charge in [-0.15, -0.1) is 0 Å². The van der Waals surface area contributed by atoms with Gasteiger partial charge in [-0.1, -0.05) is 0 Å². The van der Waals surface area contributed by atoms with E-state index < -0.39 is 0 Å². The van der Waals surface area contributed by atoms with Gasteiger partial charge in [0.25, 0.3) is 5.91 Å². The van der Waals surface area contributed by atoms with Crippen LogP contribution >= 0.6 is 11.3 Å². The Labute approximate surface area is 129 Å². The number of anilines is 1. The Hall–Kier alpha value is -1.81. The van der Waals surface area contributed by atoms with Crippen LogP contribution in [-0.4, -0.2) is 38.0 Å². The Morgan fingerprint density at radius 2 is 2.00 bits per heavy atom. The fourth-order valence-corrected chi connectivity index (χ4v) is 3.55. The Balaban J connectivity index is 1.68. The van der Waals surface area contributed by atoms with Crippen LogP contribution in [0.3, 0.4) is 0 Å². The molecule has 2 heterocycles. The molecular formula is C17H20N2OS. The van der Waals surface area contributed by atoms with Crippen LogP contribution in [-0.2, 0) is 0 Å². The first-order valence-electron chi connectivity index (χ1n) is 7.24. The van der Waals surface area contributed by atoms with Gasteiger partial charge >= 0.3 is 0 Å². The average Bonchev–Trinajstić information content (AvgIpc) is 3.17. The van der Waals surface area contributed by atoms with Gasteiger partial charge < -0.3 is 9.80 Å². The molecule has 4 heteroatoms. The minimum absolute atomic E-state index is 0.151. The van der Waals surface area contributed by atoms with Crippen molar-refractivity contribution in [3.8, 4) is 0 Å². The molecule has 1 atom stereocenters. The predicted molar refractivity (Wildman–Crippen MR) is 88.3 cm³/mol. The predicted octanol–water partition coefficient (Wildman–Crippen LogP) is 3.44. The van der Waals surface area contributed by atoms with E-state index in [9.17, 15) is 4.79 Å². The largest absolute Gasteiger partial charge is 0.378 e. The van der Waals surface area contributed by atoms with E-state index in [4.69, 9.17) is 0 Å². The molecule has 1 amide bonds. The molecule has 1 aliphatic rings. The maximum absolute atomic E-state index is 12.6. The van der Waals surface area contributed by atoms with Gasteiger partial charge in [0.2, 0.25) is 0 Å². The Morgan fingerprint density at radius 3 is 2.62 bits per heavy atom. The van der Waals surface area contributed by atoms with Crippen LogP contribution < -0.4 is 4.90 Å². The zero-order valence-corrected chi connectivity index (χ0v) is 13.3. The highest BCUT2D eigenvalue weighted by molar-refractivity contribution is 7.07. The lowest BCUT2D eigenvalue weighted by Crippen LogP contribution is -2.28. The lowest BCUT2D eigenvalue weighted by molar-refractivity contribution is 0.0791. The summed E-state index contributed by atoms with van der Waals surface area (Å²) in [6, 6.07) is 10.0. The molecule has 0 bridgehead atoms. The first-order chi connectivity index (χ1) is 10.1. The van der Waals surface area contributed by atoms with E-state index in [2.05, 4.69) is 16.8 Å². The maximum atomic E-state index is 12.6. The van der Waals surface area contributed by atoms with Gasteiger partial charge in [0.15, 0.2) is 0 Å². The summed E-state index contributed by atoms with van der Waals surface area (Å²) in [6.07, 6.45) is 1.07. The quantitative estimate of drug-likeness (QED) is 0.867. The molecule has 0 aliphatic carbocycles. The lowest BCUT2D eigenvalue weighted by atomic mass is 10.0. The van der Waals surface area contributed by atoms with E-state index in [1.54, 1.807) is 11.3 Å². The highest BCUT2D eigenvalue weighted by Gasteiger charge is 2.28. The zero-order valence-electron chi connectivity index (χ0n) is 12.5. The molecule has 1 aliphatic heterocycles. The smallest absolute Gasteiger partial charge is 0.253 e. The lowest BCUT2D eigenvalue weighted by Gasteiger charge is -2.17. The Morgan fingerprint density at radius 1 is 1.24 bits per heavy atom. The van der Waals surface area contributed by atoms with E-state index in [0.29, 0.717) is 5.92 Å². The molecule has 1 unspecified atom stereocenters. The minimum Gasteiger partial charge on any atom is -0.378 e. The number of benzene rings is 1. The van der Waals surface area contributed by atoms with Crippen molar-refractivity contribution in [3.63, 3.8) is 0 Å². The summed E-state index contributed by atoms with van der Waals surface area (Å²) in [5.74, 6) is 0.652. The van der Waals surface area contributed by atoms with Gasteiger partial charge in [0, 0.05) is 44.4 Å². The normalized spacial score (nSPS) is 18.0. The number of hydrogen-bond acceptors (Lipinski definition) is 3. The summed E-state index contributed by atoms with van der Waals surface area (Å²) in [7, 11) is 4.01. The summed E-state index contributed by atoms with van der Waals surface area (Å²) in [5, 5.41) is 4.31. The number of hydrogen-bond donors (Lipinski definition) is 0. The van der Waals surface area contributed by atoms with Crippen molar-refractivity contribution in [2.75, 3.05) is 32.1 Å². The molecule has 0 N–H and O–H groups in total. The van der Waals surface area contributed by atoms with E-state index in [0.717, 1.165) is 30.8 Å². The molecule has 1 aromatic carbocycles. The fraction of sp³-hybridized carbons (Fsp3) is 0.353. The number of carbonyl (C=O) groups is 1. The minimum atomic E-state index is 0.151. The molecular weight excluding hydrogens is 280 g/mol. The second-order valence-electron chi connectivity index (χ2n) is 5.73.